The van der Waals surface area contributed by atoms with Crippen molar-refractivity contribution in [2.45, 2.75) is 13.3 Å². The van der Waals surface area contributed by atoms with Gasteiger partial charge in [0, 0.05) is 5.71 Å². The van der Waals surface area contributed by atoms with Gasteiger partial charge in [-0.05, 0) is 39.7 Å². The first-order valence-electron chi connectivity index (χ1n) is 6.87. The SMILES string of the molecule is C/C(CC(N)=O)=N\NC(=O)COc1ccc2ccccc2c1Br. The first kappa shape index (κ1) is 17.0. The Hall–Kier alpha value is -2.41. The Morgan fingerprint density at radius 1 is 1.26 bits per heavy atom. The molecule has 2 amide bonds. The van der Waals surface area contributed by atoms with Crippen LogP contribution in [0, 0.1) is 0 Å². The van der Waals surface area contributed by atoms with Crippen molar-refractivity contribution in [1.29, 1.82) is 0 Å². The van der Waals surface area contributed by atoms with Gasteiger partial charge in [-0.25, -0.2) is 5.43 Å². The molecule has 120 valence electrons. The minimum absolute atomic E-state index is 0.00262. The summed E-state index contributed by atoms with van der Waals surface area (Å²) in [5.41, 5.74) is 7.78. The van der Waals surface area contributed by atoms with Crippen LogP contribution >= 0.6 is 15.9 Å². The summed E-state index contributed by atoms with van der Waals surface area (Å²) in [7, 11) is 0. The van der Waals surface area contributed by atoms with Crippen LogP contribution in [0.3, 0.4) is 0 Å². The monoisotopic (exact) mass is 377 g/mol. The second-order valence-electron chi connectivity index (χ2n) is 4.91. The van der Waals surface area contributed by atoms with Crippen LogP contribution in [0.5, 0.6) is 5.75 Å². The fourth-order valence-corrected chi connectivity index (χ4v) is 2.56. The number of benzene rings is 2. The molecule has 0 aromatic heterocycles. The average Bonchev–Trinajstić information content (AvgIpc) is 2.52. The summed E-state index contributed by atoms with van der Waals surface area (Å²) in [5.74, 6) is -0.359. The molecule has 0 heterocycles. The van der Waals surface area contributed by atoms with Gasteiger partial charge < -0.3 is 10.5 Å². The number of hydrazone groups is 1. The van der Waals surface area contributed by atoms with E-state index in [-0.39, 0.29) is 13.0 Å². The lowest BCUT2D eigenvalue weighted by atomic mass is 10.1. The van der Waals surface area contributed by atoms with Crippen molar-refractivity contribution in [3.8, 4) is 5.75 Å². The van der Waals surface area contributed by atoms with Gasteiger partial charge in [0.05, 0.1) is 10.9 Å². The van der Waals surface area contributed by atoms with Gasteiger partial charge in [0.15, 0.2) is 6.61 Å². The Balaban J connectivity index is 1.97. The van der Waals surface area contributed by atoms with Crippen LogP contribution < -0.4 is 15.9 Å². The quantitative estimate of drug-likeness (QED) is 0.597. The van der Waals surface area contributed by atoms with Crippen LogP contribution in [0.1, 0.15) is 13.3 Å². The molecule has 2 aromatic rings. The summed E-state index contributed by atoms with van der Waals surface area (Å²) in [6.07, 6.45) is -0.00262. The van der Waals surface area contributed by atoms with Gasteiger partial charge in [-0.1, -0.05) is 30.3 Å². The van der Waals surface area contributed by atoms with E-state index in [1.165, 1.54) is 0 Å². The standard InChI is InChI=1S/C16H16BrN3O3/c1-10(8-14(18)21)19-20-15(22)9-23-13-7-6-11-4-2-3-5-12(11)16(13)17/h2-7H,8-9H2,1H3,(H2,18,21)(H,20,22)/b19-10+. The fraction of sp³-hybridized carbons (Fsp3) is 0.188. The molecule has 3 N–H and O–H groups in total. The van der Waals surface area contributed by atoms with Crippen molar-refractivity contribution in [1.82, 2.24) is 5.43 Å². The minimum atomic E-state index is -0.503. The molecule has 0 aliphatic carbocycles. The lowest BCUT2D eigenvalue weighted by Gasteiger charge is -2.09. The van der Waals surface area contributed by atoms with Crippen molar-refractivity contribution >= 4 is 44.2 Å². The van der Waals surface area contributed by atoms with Crippen LogP contribution in [-0.2, 0) is 9.59 Å². The molecule has 0 fully saturated rings. The van der Waals surface area contributed by atoms with E-state index in [0.29, 0.717) is 11.5 Å². The zero-order valence-electron chi connectivity index (χ0n) is 12.5. The van der Waals surface area contributed by atoms with Gasteiger partial charge in [-0.2, -0.15) is 5.10 Å². The summed E-state index contributed by atoms with van der Waals surface area (Å²) < 4.78 is 6.29. The minimum Gasteiger partial charge on any atom is -0.483 e. The molecule has 23 heavy (non-hydrogen) atoms. The van der Waals surface area contributed by atoms with E-state index in [4.69, 9.17) is 10.5 Å². The number of carbonyl (C=O) groups excluding carboxylic acids is 2. The molecular weight excluding hydrogens is 362 g/mol. The number of nitrogens with one attached hydrogen (secondary N) is 1. The number of amides is 2. The van der Waals surface area contributed by atoms with Gasteiger partial charge in [0.25, 0.3) is 5.91 Å². The first-order valence-corrected chi connectivity index (χ1v) is 7.67. The number of primary amides is 1. The molecule has 0 saturated heterocycles. The van der Waals surface area contributed by atoms with E-state index in [1.54, 1.807) is 13.0 Å². The predicted molar refractivity (Wildman–Crippen MR) is 92.2 cm³/mol. The molecule has 0 atom stereocenters. The largest absolute Gasteiger partial charge is 0.483 e. The van der Waals surface area contributed by atoms with Crippen molar-refractivity contribution in [2.24, 2.45) is 10.8 Å². The maximum Gasteiger partial charge on any atom is 0.277 e. The molecular formula is C16H16BrN3O3. The number of nitrogens with two attached hydrogens (primary N) is 1. The molecule has 0 spiro atoms. The molecule has 0 radical (unpaired) electrons. The Kier molecular flexibility index (Phi) is 5.70. The molecule has 0 unspecified atom stereocenters. The smallest absolute Gasteiger partial charge is 0.277 e. The highest BCUT2D eigenvalue weighted by Crippen LogP contribution is 2.32. The molecule has 0 bridgehead atoms. The van der Waals surface area contributed by atoms with E-state index in [9.17, 15) is 9.59 Å². The van der Waals surface area contributed by atoms with Gasteiger partial charge in [-0.3, -0.25) is 9.59 Å². The molecule has 6 nitrogen and oxygen atoms in total. The number of ether oxygens (including phenoxy) is 1. The summed E-state index contributed by atoms with van der Waals surface area (Å²) in [6, 6.07) is 11.6. The second-order valence-corrected chi connectivity index (χ2v) is 5.71. The van der Waals surface area contributed by atoms with Crippen molar-refractivity contribution in [3.63, 3.8) is 0 Å². The van der Waals surface area contributed by atoms with E-state index < -0.39 is 11.8 Å². The number of fused-ring (bicyclic) bond motifs is 1. The fourth-order valence-electron chi connectivity index (χ4n) is 1.95. The van der Waals surface area contributed by atoms with Gasteiger partial charge in [0.2, 0.25) is 5.91 Å². The third-order valence-corrected chi connectivity index (χ3v) is 3.81. The predicted octanol–water partition coefficient (Wildman–Crippen LogP) is 2.35. The molecule has 2 aromatic carbocycles. The van der Waals surface area contributed by atoms with E-state index in [2.05, 4.69) is 26.5 Å². The van der Waals surface area contributed by atoms with Crippen molar-refractivity contribution in [2.75, 3.05) is 6.61 Å². The normalized spacial score (nSPS) is 11.3. The summed E-state index contributed by atoms with van der Waals surface area (Å²) in [4.78, 5) is 22.4. The average molecular weight is 378 g/mol. The van der Waals surface area contributed by atoms with E-state index >= 15 is 0 Å². The zero-order chi connectivity index (χ0) is 16.8. The molecule has 2 rings (SSSR count). The van der Waals surface area contributed by atoms with E-state index in [1.807, 2.05) is 30.3 Å². The second kappa shape index (κ2) is 7.73. The zero-order valence-corrected chi connectivity index (χ0v) is 14.1. The highest BCUT2D eigenvalue weighted by Gasteiger charge is 2.08. The van der Waals surface area contributed by atoms with Gasteiger partial charge in [-0.15, -0.1) is 0 Å². The number of halogens is 1. The van der Waals surface area contributed by atoms with Crippen LogP contribution in [0.2, 0.25) is 0 Å². The molecule has 0 aliphatic rings. The summed E-state index contributed by atoms with van der Waals surface area (Å²) >= 11 is 3.49. The van der Waals surface area contributed by atoms with Crippen LogP contribution in [0.4, 0.5) is 0 Å². The van der Waals surface area contributed by atoms with Crippen molar-refractivity contribution < 1.29 is 14.3 Å². The molecule has 0 aliphatic heterocycles. The highest BCUT2D eigenvalue weighted by molar-refractivity contribution is 9.10. The Morgan fingerprint density at radius 3 is 2.74 bits per heavy atom. The molecule has 7 heteroatoms. The number of carbonyl (C=O) groups is 2. The Bertz CT molecular complexity index is 774. The van der Waals surface area contributed by atoms with Crippen molar-refractivity contribution in [3.05, 3.63) is 40.9 Å². The number of hydrogen-bond donors (Lipinski definition) is 2. The first-order chi connectivity index (χ1) is 11.0. The van der Waals surface area contributed by atoms with E-state index in [0.717, 1.165) is 15.2 Å². The lowest BCUT2D eigenvalue weighted by Crippen LogP contribution is -2.26. The number of hydrogen-bond acceptors (Lipinski definition) is 4. The maximum atomic E-state index is 11.7. The Morgan fingerprint density at radius 2 is 2.00 bits per heavy atom. The third kappa shape index (κ3) is 4.79. The molecule has 0 saturated carbocycles. The summed E-state index contributed by atoms with van der Waals surface area (Å²) in [6.45, 7) is 1.41. The topological polar surface area (TPSA) is 93.8 Å². The number of nitrogens with zero attached hydrogens (tertiary/aromatic N) is 1. The van der Waals surface area contributed by atoms with Gasteiger partial charge >= 0.3 is 0 Å². The lowest BCUT2D eigenvalue weighted by molar-refractivity contribution is -0.123. The third-order valence-electron chi connectivity index (χ3n) is 2.99. The highest BCUT2D eigenvalue weighted by atomic mass is 79.9. The van der Waals surface area contributed by atoms with Crippen LogP contribution in [0.15, 0.2) is 46.0 Å². The van der Waals surface area contributed by atoms with Gasteiger partial charge in [0.1, 0.15) is 5.75 Å². The Labute approximate surface area is 141 Å². The van der Waals surface area contributed by atoms with Crippen LogP contribution in [0.25, 0.3) is 10.8 Å². The number of rotatable bonds is 6. The van der Waals surface area contributed by atoms with Crippen LogP contribution in [-0.4, -0.2) is 24.1 Å². The maximum absolute atomic E-state index is 11.7. The summed E-state index contributed by atoms with van der Waals surface area (Å²) in [5, 5.41) is 5.85.